The van der Waals surface area contributed by atoms with Gasteiger partial charge >= 0.3 is 0 Å². The van der Waals surface area contributed by atoms with E-state index < -0.39 is 0 Å². The van der Waals surface area contributed by atoms with Gasteiger partial charge in [-0.1, -0.05) is 18.2 Å². The Balaban J connectivity index is 1.83. The van der Waals surface area contributed by atoms with Gasteiger partial charge in [-0.25, -0.2) is 0 Å². The monoisotopic (exact) mass is 284 g/mol. The Morgan fingerprint density at radius 1 is 1.33 bits per heavy atom. The third-order valence-electron chi connectivity index (χ3n) is 4.57. The first kappa shape index (κ1) is 14.2. The first-order valence-electron chi connectivity index (χ1n) is 7.77. The number of hydrogen-bond acceptors (Lipinski definition) is 2. The first-order chi connectivity index (χ1) is 10.2. The van der Waals surface area contributed by atoms with Gasteiger partial charge in [0.2, 0.25) is 0 Å². The maximum atomic E-state index is 6.25. The molecule has 1 atom stereocenters. The molecule has 0 saturated heterocycles. The molecule has 2 aromatic rings. The number of methoxy groups -OCH3 is 1. The van der Waals surface area contributed by atoms with E-state index in [9.17, 15) is 0 Å². The molecule has 0 saturated carbocycles. The van der Waals surface area contributed by atoms with Crippen molar-refractivity contribution in [3.05, 3.63) is 52.8 Å². The van der Waals surface area contributed by atoms with Crippen LogP contribution in [0.2, 0.25) is 0 Å². The van der Waals surface area contributed by atoms with Crippen molar-refractivity contribution in [2.75, 3.05) is 7.11 Å². The Labute approximate surface area is 126 Å². The molecule has 3 nitrogen and oxygen atoms in total. The van der Waals surface area contributed by atoms with E-state index in [4.69, 9.17) is 10.5 Å². The summed E-state index contributed by atoms with van der Waals surface area (Å²) in [7, 11) is 1.74. The Morgan fingerprint density at radius 2 is 2.14 bits per heavy atom. The van der Waals surface area contributed by atoms with Crippen molar-refractivity contribution in [3.63, 3.8) is 0 Å². The summed E-state index contributed by atoms with van der Waals surface area (Å²) in [5.41, 5.74) is 11.6. The van der Waals surface area contributed by atoms with Crippen LogP contribution in [0.4, 0.5) is 0 Å². The average molecular weight is 284 g/mol. The number of rotatable bonds is 4. The maximum Gasteiger partial charge on any atom is 0.122 e. The molecule has 1 aliphatic carbocycles. The molecule has 1 aromatic heterocycles. The molecule has 112 valence electrons. The van der Waals surface area contributed by atoms with Crippen LogP contribution in [0.3, 0.4) is 0 Å². The molecule has 3 rings (SSSR count). The van der Waals surface area contributed by atoms with Crippen LogP contribution in [0, 0.1) is 6.92 Å². The molecule has 1 aromatic carbocycles. The highest BCUT2D eigenvalue weighted by Crippen LogP contribution is 2.31. The molecule has 0 bridgehead atoms. The average Bonchev–Trinajstić information content (AvgIpc) is 2.83. The normalized spacial score (nSPS) is 17.6. The van der Waals surface area contributed by atoms with Crippen LogP contribution in [0.25, 0.3) is 0 Å². The van der Waals surface area contributed by atoms with Gasteiger partial charge in [0, 0.05) is 24.0 Å². The highest BCUT2D eigenvalue weighted by Gasteiger charge is 2.21. The van der Waals surface area contributed by atoms with Crippen molar-refractivity contribution in [1.82, 2.24) is 4.57 Å². The number of hydrogen-bond donors (Lipinski definition) is 1. The van der Waals surface area contributed by atoms with Crippen molar-refractivity contribution >= 4 is 0 Å². The third kappa shape index (κ3) is 2.70. The Kier molecular flexibility index (Phi) is 4.02. The van der Waals surface area contributed by atoms with Gasteiger partial charge in [0.15, 0.2) is 0 Å². The zero-order valence-corrected chi connectivity index (χ0v) is 12.9. The number of para-hydroxylation sites is 1. The smallest absolute Gasteiger partial charge is 0.122 e. The zero-order valence-electron chi connectivity index (χ0n) is 12.9. The summed E-state index contributed by atoms with van der Waals surface area (Å²) in [6.45, 7) is 3.18. The fourth-order valence-electron chi connectivity index (χ4n) is 3.45. The minimum atomic E-state index is 0.222. The molecule has 0 radical (unpaired) electrons. The number of aryl methyl sites for hydroxylation is 2. The molecule has 1 unspecified atom stereocenters. The molecule has 3 heteroatoms. The summed E-state index contributed by atoms with van der Waals surface area (Å²) in [6, 6.07) is 10.8. The van der Waals surface area contributed by atoms with E-state index >= 15 is 0 Å². The van der Waals surface area contributed by atoms with Gasteiger partial charge in [-0.15, -0.1) is 0 Å². The molecule has 0 amide bonds. The molecular formula is C18H24N2O. The standard InChI is InChI=1S/C18H24N2O/c1-13-12-15-16(19)7-5-8-17(15)20(13)11-10-14-6-3-4-9-18(14)21-2/h3-4,6,9,12,16H,5,7-8,10-11,19H2,1-2H3. The molecule has 21 heavy (non-hydrogen) atoms. The summed E-state index contributed by atoms with van der Waals surface area (Å²) in [5.74, 6) is 0.980. The van der Waals surface area contributed by atoms with Gasteiger partial charge in [0.05, 0.1) is 7.11 Å². The van der Waals surface area contributed by atoms with Crippen molar-refractivity contribution < 1.29 is 4.74 Å². The van der Waals surface area contributed by atoms with Crippen LogP contribution in [-0.2, 0) is 19.4 Å². The van der Waals surface area contributed by atoms with Crippen molar-refractivity contribution in [2.24, 2.45) is 5.73 Å². The van der Waals surface area contributed by atoms with E-state index in [0.29, 0.717) is 0 Å². The summed E-state index contributed by atoms with van der Waals surface area (Å²) < 4.78 is 7.89. The lowest BCUT2D eigenvalue weighted by Crippen LogP contribution is -2.18. The minimum absolute atomic E-state index is 0.222. The van der Waals surface area contributed by atoms with Crippen LogP contribution >= 0.6 is 0 Å². The van der Waals surface area contributed by atoms with Crippen molar-refractivity contribution in [1.29, 1.82) is 0 Å². The number of fused-ring (bicyclic) bond motifs is 1. The highest BCUT2D eigenvalue weighted by molar-refractivity contribution is 5.35. The van der Waals surface area contributed by atoms with Crippen LogP contribution in [0.15, 0.2) is 30.3 Å². The second kappa shape index (κ2) is 5.94. The van der Waals surface area contributed by atoms with Gasteiger partial charge in [-0.05, 0) is 55.9 Å². The molecule has 2 N–H and O–H groups in total. The predicted molar refractivity (Wildman–Crippen MR) is 85.7 cm³/mol. The molecule has 0 spiro atoms. The molecule has 1 aliphatic rings. The summed E-state index contributed by atoms with van der Waals surface area (Å²) in [6.07, 6.45) is 4.46. The highest BCUT2D eigenvalue weighted by atomic mass is 16.5. The van der Waals surface area contributed by atoms with Crippen LogP contribution in [0.1, 0.15) is 41.4 Å². The zero-order chi connectivity index (χ0) is 14.8. The second-order valence-corrected chi connectivity index (χ2v) is 5.90. The van der Waals surface area contributed by atoms with E-state index in [0.717, 1.165) is 31.6 Å². The summed E-state index contributed by atoms with van der Waals surface area (Å²) in [4.78, 5) is 0. The summed E-state index contributed by atoms with van der Waals surface area (Å²) in [5, 5.41) is 0. The van der Waals surface area contributed by atoms with E-state index in [1.807, 2.05) is 12.1 Å². The summed E-state index contributed by atoms with van der Waals surface area (Å²) >= 11 is 0. The van der Waals surface area contributed by atoms with E-state index in [-0.39, 0.29) is 6.04 Å². The number of nitrogens with zero attached hydrogens (tertiary/aromatic N) is 1. The third-order valence-corrected chi connectivity index (χ3v) is 4.57. The van der Waals surface area contributed by atoms with E-state index in [1.165, 1.54) is 28.9 Å². The SMILES string of the molecule is COc1ccccc1CCn1c(C)cc2c1CCCC2N. The molecule has 0 aliphatic heterocycles. The number of benzene rings is 1. The Morgan fingerprint density at radius 3 is 2.95 bits per heavy atom. The van der Waals surface area contributed by atoms with Gasteiger partial charge in [-0.2, -0.15) is 0 Å². The molecule has 1 heterocycles. The lowest BCUT2D eigenvalue weighted by Gasteiger charge is -2.21. The fraction of sp³-hybridized carbons (Fsp3) is 0.444. The number of ether oxygens (including phenoxy) is 1. The Bertz CT molecular complexity index is 630. The van der Waals surface area contributed by atoms with Gasteiger partial charge in [-0.3, -0.25) is 0 Å². The Hall–Kier alpha value is -1.74. The van der Waals surface area contributed by atoms with E-state index in [1.54, 1.807) is 7.11 Å². The fourth-order valence-corrected chi connectivity index (χ4v) is 3.45. The topological polar surface area (TPSA) is 40.2 Å². The van der Waals surface area contributed by atoms with Gasteiger partial charge in [0.25, 0.3) is 0 Å². The van der Waals surface area contributed by atoms with Crippen molar-refractivity contribution in [3.8, 4) is 5.75 Å². The maximum absolute atomic E-state index is 6.25. The van der Waals surface area contributed by atoms with Gasteiger partial charge < -0.3 is 15.0 Å². The van der Waals surface area contributed by atoms with Crippen LogP contribution < -0.4 is 10.5 Å². The van der Waals surface area contributed by atoms with E-state index in [2.05, 4.69) is 29.7 Å². The van der Waals surface area contributed by atoms with Crippen LogP contribution in [-0.4, -0.2) is 11.7 Å². The van der Waals surface area contributed by atoms with Crippen molar-refractivity contribution in [2.45, 2.75) is 45.2 Å². The number of aromatic nitrogens is 1. The minimum Gasteiger partial charge on any atom is -0.496 e. The lowest BCUT2D eigenvalue weighted by molar-refractivity contribution is 0.408. The quantitative estimate of drug-likeness (QED) is 0.935. The second-order valence-electron chi connectivity index (χ2n) is 5.90. The predicted octanol–water partition coefficient (Wildman–Crippen LogP) is 3.38. The molecular weight excluding hydrogens is 260 g/mol. The van der Waals surface area contributed by atoms with Crippen LogP contribution in [0.5, 0.6) is 5.75 Å². The first-order valence-corrected chi connectivity index (χ1v) is 7.77. The largest absolute Gasteiger partial charge is 0.496 e. The number of nitrogens with two attached hydrogens (primary N) is 1. The van der Waals surface area contributed by atoms with Gasteiger partial charge in [0.1, 0.15) is 5.75 Å². The lowest BCUT2D eigenvalue weighted by atomic mass is 9.93. The molecule has 0 fully saturated rings.